The Balaban J connectivity index is 2.70. The molecule has 1 aliphatic heterocycles. The van der Waals surface area contributed by atoms with E-state index in [0.717, 1.165) is 6.08 Å². The fraction of sp³-hybridized carbons (Fsp3) is 0.214. The molecule has 1 aliphatic rings. The predicted molar refractivity (Wildman–Crippen MR) is 69.4 cm³/mol. The highest BCUT2D eigenvalue weighted by Crippen LogP contribution is 2.36. The largest absolute Gasteiger partial charge is 0.489 e. The van der Waals surface area contributed by atoms with Gasteiger partial charge in [0.15, 0.2) is 11.6 Å². The van der Waals surface area contributed by atoms with Gasteiger partial charge in [-0.2, -0.15) is 0 Å². The van der Waals surface area contributed by atoms with Gasteiger partial charge < -0.3 is 4.74 Å². The number of rotatable bonds is 3. The minimum absolute atomic E-state index is 0.0408. The number of benzene rings is 1. The summed E-state index contributed by atoms with van der Waals surface area (Å²) in [6, 6.07) is 0.644. The Hall–Kier alpha value is -1.75. The Morgan fingerprint density at radius 1 is 1.45 bits per heavy atom. The molecule has 0 amide bonds. The molecule has 20 heavy (non-hydrogen) atoms. The first kappa shape index (κ1) is 14.7. The van der Waals surface area contributed by atoms with E-state index in [4.69, 9.17) is 16.3 Å². The normalized spacial score (nSPS) is 18.1. The zero-order valence-electron chi connectivity index (χ0n) is 10.5. The fourth-order valence-corrected chi connectivity index (χ4v) is 2.22. The lowest BCUT2D eigenvalue weighted by Gasteiger charge is -2.11. The van der Waals surface area contributed by atoms with Gasteiger partial charge in [-0.1, -0.05) is 12.7 Å². The van der Waals surface area contributed by atoms with Crippen molar-refractivity contribution in [2.75, 3.05) is 0 Å². The van der Waals surface area contributed by atoms with Crippen LogP contribution in [0.1, 0.15) is 24.5 Å². The molecule has 0 spiro atoms. The lowest BCUT2D eigenvalue weighted by molar-refractivity contribution is -0.108. The van der Waals surface area contributed by atoms with Crippen molar-refractivity contribution in [2.24, 2.45) is 0 Å². The van der Waals surface area contributed by atoms with Gasteiger partial charge in [0.2, 0.25) is 0 Å². The summed E-state index contributed by atoms with van der Waals surface area (Å²) < 4.78 is 46.4. The van der Waals surface area contributed by atoms with Gasteiger partial charge in [-0.15, -0.1) is 0 Å². The van der Waals surface area contributed by atoms with Crippen LogP contribution in [0.2, 0.25) is 0 Å². The Kier molecular flexibility index (Phi) is 3.90. The van der Waals surface area contributed by atoms with Crippen molar-refractivity contribution in [1.29, 1.82) is 0 Å². The van der Waals surface area contributed by atoms with Gasteiger partial charge >= 0.3 is 0 Å². The molecule has 0 bridgehead atoms. The van der Waals surface area contributed by atoms with E-state index < -0.39 is 34.4 Å². The van der Waals surface area contributed by atoms with E-state index >= 15 is 0 Å². The summed E-state index contributed by atoms with van der Waals surface area (Å²) in [6.45, 7) is 4.89. The maximum absolute atomic E-state index is 14.2. The molecule has 1 atom stereocenters. The van der Waals surface area contributed by atoms with Gasteiger partial charge in [0.25, 0.3) is 5.24 Å². The molecular formula is C14H10ClF3O2. The quantitative estimate of drug-likeness (QED) is 0.622. The predicted octanol–water partition coefficient (Wildman–Crippen LogP) is 4.03. The molecule has 0 radical (unpaired) electrons. The molecule has 0 N–H and O–H groups in total. The van der Waals surface area contributed by atoms with Crippen LogP contribution in [0.4, 0.5) is 13.2 Å². The third-order valence-electron chi connectivity index (χ3n) is 2.96. The minimum atomic E-state index is -1.34. The van der Waals surface area contributed by atoms with E-state index in [1.807, 2.05) is 0 Å². The second-order valence-corrected chi connectivity index (χ2v) is 4.71. The molecule has 1 heterocycles. The molecule has 2 nitrogen and oxygen atoms in total. The summed E-state index contributed by atoms with van der Waals surface area (Å²) in [7, 11) is 0. The maximum atomic E-state index is 14.2. The lowest BCUT2D eigenvalue weighted by Crippen LogP contribution is -2.03. The lowest BCUT2D eigenvalue weighted by atomic mass is 10.0. The van der Waals surface area contributed by atoms with Gasteiger partial charge in [-0.05, 0) is 24.6 Å². The molecule has 0 saturated carbocycles. The van der Waals surface area contributed by atoms with Crippen molar-refractivity contribution in [3.05, 3.63) is 46.8 Å². The molecule has 1 aromatic rings. The number of ether oxygens (including phenoxy) is 1. The number of carbonyl (C=O) groups is 1. The summed E-state index contributed by atoms with van der Waals surface area (Å²) in [4.78, 5) is 11.3. The van der Waals surface area contributed by atoms with E-state index in [-0.39, 0.29) is 23.3 Å². The van der Waals surface area contributed by atoms with Crippen LogP contribution in [-0.2, 0) is 9.53 Å². The Morgan fingerprint density at radius 3 is 2.65 bits per heavy atom. The molecule has 0 fully saturated rings. The van der Waals surface area contributed by atoms with Gasteiger partial charge in [0, 0.05) is 12.0 Å². The van der Waals surface area contributed by atoms with Crippen LogP contribution in [-0.4, -0.2) is 11.3 Å². The minimum Gasteiger partial charge on any atom is -0.489 e. The molecule has 2 rings (SSSR count). The van der Waals surface area contributed by atoms with E-state index in [9.17, 15) is 18.0 Å². The van der Waals surface area contributed by atoms with Crippen molar-refractivity contribution in [1.82, 2.24) is 0 Å². The van der Waals surface area contributed by atoms with Crippen molar-refractivity contribution in [3.8, 4) is 0 Å². The van der Waals surface area contributed by atoms with Gasteiger partial charge in [0.1, 0.15) is 17.7 Å². The molecule has 0 aliphatic carbocycles. The molecule has 6 heteroatoms. The number of carbonyl (C=O) groups excluding carboxylic acids is 1. The zero-order chi connectivity index (χ0) is 15.0. The number of halogens is 4. The van der Waals surface area contributed by atoms with Crippen molar-refractivity contribution < 1.29 is 22.7 Å². The zero-order valence-corrected chi connectivity index (χ0v) is 11.2. The SMILES string of the molecule is C=Cc1c(F)c(F)cc(C2=C(C(=O)Cl)CC(C)O2)c1F. The van der Waals surface area contributed by atoms with E-state index in [2.05, 4.69) is 6.58 Å². The first-order chi connectivity index (χ1) is 9.36. The summed E-state index contributed by atoms with van der Waals surface area (Å²) in [5, 5.41) is -0.811. The third kappa shape index (κ3) is 2.33. The molecule has 1 unspecified atom stereocenters. The number of hydrogen-bond donors (Lipinski definition) is 0. The summed E-state index contributed by atoms with van der Waals surface area (Å²) >= 11 is 5.40. The van der Waals surface area contributed by atoms with Gasteiger partial charge in [-0.3, -0.25) is 4.79 Å². The van der Waals surface area contributed by atoms with Crippen molar-refractivity contribution in [2.45, 2.75) is 19.4 Å². The van der Waals surface area contributed by atoms with Crippen LogP contribution >= 0.6 is 11.6 Å². The fourth-order valence-electron chi connectivity index (χ4n) is 2.06. The highest BCUT2D eigenvalue weighted by Gasteiger charge is 2.31. The highest BCUT2D eigenvalue weighted by molar-refractivity contribution is 6.68. The van der Waals surface area contributed by atoms with Crippen LogP contribution in [0, 0.1) is 17.5 Å². The number of hydrogen-bond acceptors (Lipinski definition) is 2. The maximum Gasteiger partial charge on any atom is 0.252 e. The molecule has 1 aromatic carbocycles. The van der Waals surface area contributed by atoms with E-state index in [1.54, 1.807) is 6.92 Å². The van der Waals surface area contributed by atoms with Crippen molar-refractivity contribution >= 4 is 28.7 Å². The molecular weight excluding hydrogens is 293 g/mol. The molecule has 0 aromatic heterocycles. The average molecular weight is 303 g/mol. The van der Waals surface area contributed by atoms with E-state index in [1.165, 1.54) is 0 Å². The highest BCUT2D eigenvalue weighted by atomic mass is 35.5. The Morgan fingerprint density at radius 2 is 2.10 bits per heavy atom. The smallest absolute Gasteiger partial charge is 0.252 e. The third-order valence-corrected chi connectivity index (χ3v) is 3.19. The Bertz CT molecular complexity index is 638. The molecule has 0 saturated heterocycles. The average Bonchev–Trinajstić information content (AvgIpc) is 2.77. The van der Waals surface area contributed by atoms with E-state index in [0.29, 0.717) is 6.07 Å². The Labute approximate surface area is 118 Å². The van der Waals surface area contributed by atoms with Crippen LogP contribution in [0.25, 0.3) is 11.8 Å². The first-order valence-electron chi connectivity index (χ1n) is 5.76. The van der Waals surface area contributed by atoms with Crippen molar-refractivity contribution in [3.63, 3.8) is 0 Å². The summed E-state index contributed by atoms with van der Waals surface area (Å²) in [5.41, 5.74) is -0.914. The summed E-state index contributed by atoms with van der Waals surface area (Å²) in [6.07, 6.45) is 0.639. The van der Waals surface area contributed by atoms with Crippen LogP contribution < -0.4 is 0 Å². The first-order valence-corrected chi connectivity index (χ1v) is 6.14. The second-order valence-electron chi connectivity index (χ2n) is 4.37. The summed E-state index contributed by atoms with van der Waals surface area (Å²) in [5.74, 6) is -3.80. The second kappa shape index (κ2) is 5.32. The monoisotopic (exact) mass is 302 g/mol. The van der Waals surface area contributed by atoms with Crippen LogP contribution in [0.3, 0.4) is 0 Å². The van der Waals surface area contributed by atoms with Crippen LogP contribution in [0.15, 0.2) is 18.2 Å². The molecule has 106 valence electrons. The van der Waals surface area contributed by atoms with Gasteiger partial charge in [0.05, 0.1) is 11.1 Å². The topological polar surface area (TPSA) is 26.3 Å². The van der Waals surface area contributed by atoms with Crippen LogP contribution in [0.5, 0.6) is 0 Å². The standard InChI is InChI=1S/C14H10ClF3O2/c1-3-7-11(17)8(5-10(16)12(7)18)13-9(14(15)19)4-6(2)20-13/h3,5-6H,1,4H2,2H3. The van der Waals surface area contributed by atoms with Gasteiger partial charge in [-0.25, -0.2) is 13.2 Å².